The van der Waals surface area contributed by atoms with Crippen molar-refractivity contribution in [3.05, 3.63) is 12.2 Å². The van der Waals surface area contributed by atoms with Crippen LogP contribution in [0.25, 0.3) is 0 Å². The van der Waals surface area contributed by atoms with Gasteiger partial charge in [0.2, 0.25) is 0 Å². The van der Waals surface area contributed by atoms with E-state index in [1.165, 1.54) is 0 Å². The van der Waals surface area contributed by atoms with Gasteiger partial charge in [0, 0.05) is 12.1 Å². The standard InChI is InChI=1S/C9H15NO/c1-8-5-9(7-11)3-2-4-10(9)6-8/h11H,1-7H2/t9-/m0/s1/i7D2. The van der Waals surface area contributed by atoms with Crippen molar-refractivity contribution in [2.24, 2.45) is 0 Å². The lowest BCUT2D eigenvalue weighted by atomic mass is 9.94. The van der Waals surface area contributed by atoms with Crippen LogP contribution in [0.15, 0.2) is 12.2 Å². The fourth-order valence-electron chi connectivity index (χ4n) is 2.27. The molecule has 2 heteroatoms. The molecule has 2 rings (SSSR count). The first-order chi connectivity index (χ1) is 5.96. The van der Waals surface area contributed by atoms with Crippen molar-refractivity contribution in [2.75, 3.05) is 19.6 Å². The number of hydrogen-bond acceptors (Lipinski definition) is 2. The van der Waals surface area contributed by atoms with E-state index < -0.39 is 12.1 Å². The van der Waals surface area contributed by atoms with E-state index in [4.69, 9.17) is 2.74 Å². The highest BCUT2D eigenvalue weighted by Gasteiger charge is 2.44. The minimum Gasteiger partial charge on any atom is -0.394 e. The first-order valence-corrected chi connectivity index (χ1v) is 4.10. The van der Waals surface area contributed by atoms with Crippen LogP contribution in [0.1, 0.15) is 22.0 Å². The zero-order valence-corrected chi connectivity index (χ0v) is 6.64. The number of hydrogen-bond donors (Lipinski definition) is 1. The Morgan fingerprint density at radius 2 is 2.64 bits per heavy atom. The van der Waals surface area contributed by atoms with Gasteiger partial charge in [0.25, 0.3) is 0 Å². The monoisotopic (exact) mass is 155 g/mol. The Hall–Kier alpha value is -0.340. The van der Waals surface area contributed by atoms with Crippen LogP contribution >= 0.6 is 0 Å². The lowest BCUT2D eigenvalue weighted by molar-refractivity contribution is 0.1000. The second-order valence-corrected chi connectivity index (χ2v) is 3.60. The molecule has 0 radical (unpaired) electrons. The van der Waals surface area contributed by atoms with Crippen molar-refractivity contribution < 1.29 is 7.85 Å². The van der Waals surface area contributed by atoms with Crippen LogP contribution in [0.2, 0.25) is 0 Å². The predicted molar refractivity (Wildman–Crippen MR) is 44.4 cm³/mol. The zero-order chi connectivity index (χ0) is 9.69. The van der Waals surface area contributed by atoms with Crippen LogP contribution in [0.3, 0.4) is 0 Å². The molecule has 0 saturated carbocycles. The molecule has 2 aliphatic heterocycles. The van der Waals surface area contributed by atoms with Crippen LogP contribution in [-0.4, -0.2) is 35.2 Å². The van der Waals surface area contributed by atoms with E-state index in [-0.39, 0.29) is 0 Å². The highest BCUT2D eigenvalue weighted by molar-refractivity contribution is 5.17. The van der Waals surface area contributed by atoms with Gasteiger partial charge < -0.3 is 5.11 Å². The molecule has 2 nitrogen and oxygen atoms in total. The molecule has 62 valence electrons. The molecule has 0 spiro atoms. The summed E-state index contributed by atoms with van der Waals surface area (Å²) in [5.41, 5.74) is 0.377. The van der Waals surface area contributed by atoms with Gasteiger partial charge in [-0.2, -0.15) is 0 Å². The fourth-order valence-corrected chi connectivity index (χ4v) is 2.27. The maximum absolute atomic E-state index is 9.55. The molecular formula is C9H15NO. The van der Waals surface area contributed by atoms with Gasteiger partial charge in [-0.3, -0.25) is 4.90 Å². The molecule has 0 bridgehead atoms. The summed E-state index contributed by atoms with van der Waals surface area (Å²) >= 11 is 0. The zero-order valence-electron chi connectivity index (χ0n) is 8.64. The smallest absolute Gasteiger partial charge is 0.0618 e. The second kappa shape index (κ2) is 2.32. The van der Waals surface area contributed by atoms with E-state index in [1.807, 2.05) is 4.90 Å². The minimum absolute atomic E-state index is 0.608. The van der Waals surface area contributed by atoms with E-state index in [9.17, 15) is 5.11 Å². The van der Waals surface area contributed by atoms with Gasteiger partial charge in [-0.15, -0.1) is 0 Å². The summed E-state index contributed by atoms with van der Waals surface area (Å²) in [7, 11) is 0. The fraction of sp³-hybridized carbons (Fsp3) is 0.778. The predicted octanol–water partition coefficient (Wildman–Crippen LogP) is 0.773. The molecule has 2 aliphatic rings. The Balaban J connectivity index is 2.33. The first kappa shape index (κ1) is 5.33. The molecular weight excluding hydrogens is 138 g/mol. The molecule has 2 saturated heterocycles. The molecule has 1 N–H and O–H groups in total. The molecule has 1 atom stereocenters. The Bertz CT molecular complexity index is 248. The Kier molecular flexibility index (Phi) is 1.13. The first-order valence-electron chi connectivity index (χ1n) is 5.10. The summed E-state index contributed by atoms with van der Waals surface area (Å²) in [6, 6.07) is 0. The third-order valence-corrected chi connectivity index (χ3v) is 2.79. The van der Waals surface area contributed by atoms with Gasteiger partial charge >= 0.3 is 0 Å². The van der Waals surface area contributed by atoms with Crippen LogP contribution in [0.4, 0.5) is 0 Å². The van der Waals surface area contributed by atoms with Gasteiger partial charge in [-0.25, -0.2) is 0 Å². The lowest BCUT2D eigenvalue weighted by Gasteiger charge is -2.28. The number of fused-ring (bicyclic) bond motifs is 1. The van der Waals surface area contributed by atoms with Gasteiger partial charge in [0.15, 0.2) is 0 Å². The average Bonchev–Trinajstić information content (AvgIpc) is 2.40. The van der Waals surface area contributed by atoms with Gasteiger partial charge in [0.1, 0.15) is 0 Å². The highest BCUT2D eigenvalue weighted by atomic mass is 16.3. The third-order valence-electron chi connectivity index (χ3n) is 2.79. The molecule has 0 aromatic heterocycles. The summed E-state index contributed by atoms with van der Waals surface area (Å²) in [4.78, 5) is 2.04. The highest BCUT2D eigenvalue weighted by Crippen LogP contribution is 2.39. The SMILES string of the molecule is [2H]C([2H])(O)[C@@]12CCCN1CC(=C)C2. The van der Waals surface area contributed by atoms with Gasteiger partial charge in [-0.1, -0.05) is 12.2 Å². The van der Waals surface area contributed by atoms with E-state index >= 15 is 0 Å². The Labute approximate surface area is 70.3 Å². The molecule has 0 amide bonds. The minimum atomic E-state index is -2.09. The molecule has 11 heavy (non-hydrogen) atoms. The molecule has 2 fully saturated rings. The topological polar surface area (TPSA) is 23.5 Å². The maximum Gasteiger partial charge on any atom is 0.0618 e. The van der Waals surface area contributed by atoms with Crippen molar-refractivity contribution in [2.45, 2.75) is 24.8 Å². The summed E-state index contributed by atoms with van der Waals surface area (Å²) in [6.45, 7) is 3.42. The van der Waals surface area contributed by atoms with Crippen molar-refractivity contribution in [3.8, 4) is 0 Å². The van der Waals surface area contributed by atoms with E-state index in [2.05, 4.69) is 6.58 Å². The van der Waals surface area contributed by atoms with Crippen molar-refractivity contribution in [3.63, 3.8) is 0 Å². The number of aliphatic hydroxyl groups is 1. The quantitative estimate of drug-likeness (QED) is 0.565. The second-order valence-electron chi connectivity index (χ2n) is 3.60. The Morgan fingerprint density at radius 3 is 3.27 bits per heavy atom. The number of nitrogens with zero attached hydrogens (tertiary/aromatic N) is 1. The third kappa shape index (κ3) is 0.932. The van der Waals surface area contributed by atoms with E-state index in [1.54, 1.807) is 0 Å². The van der Waals surface area contributed by atoms with E-state index in [0.717, 1.165) is 31.5 Å². The van der Waals surface area contributed by atoms with Crippen molar-refractivity contribution in [1.82, 2.24) is 4.90 Å². The van der Waals surface area contributed by atoms with Crippen LogP contribution in [0, 0.1) is 0 Å². The molecule has 0 aliphatic carbocycles. The van der Waals surface area contributed by atoms with Crippen LogP contribution < -0.4 is 0 Å². The largest absolute Gasteiger partial charge is 0.394 e. The average molecular weight is 155 g/mol. The summed E-state index contributed by atoms with van der Waals surface area (Å²) in [5.74, 6) is 0. The normalized spacial score (nSPS) is 42.1. The summed E-state index contributed by atoms with van der Waals surface area (Å²) < 4.78 is 15.0. The van der Waals surface area contributed by atoms with Crippen LogP contribution in [-0.2, 0) is 0 Å². The lowest BCUT2D eigenvalue weighted by Crippen LogP contribution is -2.41. The molecule has 0 unspecified atom stereocenters. The molecule has 0 aromatic rings. The van der Waals surface area contributed by atoms with E-state index in [0.29, 0.717) is 6.42 Å². The summed E-state index contributed by atoms with van der Waals surface area (Å²) in [6.07, 6.45) is 2.33. The van der Waals surface area contributed by atoms with Crippen molar-refractivity contribution >= 4 is 0 Å². The van der Waals surface area contributed by atoms with Crippen molar-refractivity contribution in [1.29, 1.82) is 0 Å². The molecule has 2 heterocycles. The van der Waals surface area contributed by atoms with Gasteiger partial charge in [-0.05, 0) is 25.8 Å². The van der Waals surface area contributed by atoms with Gasteiger partial charge in [0.05, 0.1) is 9.30 Å². The van der Waals surface area contributed by atoms with Crippen LogP contribution in [0.5, 0.6) is 0 Å². The molecule has 0 aromatic carbocycles. The Morgan fingerprint density at radius 1 is 1.82 bits per heavy atom. The maximum atomic E-state index is 9.55. The summed E-state index contributed by atoms with van der Waals surface area (Å²) in [5, 5.41) is 9.55. The number of rotatable bonds is 1.